The van der Waals surface area contributed by atoms with Crippen molar-refractivity contribution in [1.29, 1.82) is 0 Å². The van der Waals surface area contributed by atoms with Crippen LogP contribution in [0.15, 0.2) is 47.4 Å². The molecule has 0 aliphatic carbocycles. The second-order valence-electron chi connectivity index (χ2n) is 4.03. The van der Waals surface area contributed by atoms with E-state index in [1.54, 1.807) is 18.2 Å². The lowest BCUT2D eigenvalue weighted by Gasteiger charge is -2.09. The Morgan fingerprint density at radius 3 is 2.33 bits per heavy atom. The summed E-state index contributed by atoms with van der Waals surface area (Å²) in [7, 11) is -3.83. The summed E-state index contributed by atoms with van der Waals surface area (Å²) in [4.78, 5) is 10.8. The van der Waals surface area contributed by atoms with Crippen LogP contribution in [-0.4, -0.2) is 24.7 Å². The highest BCUT2D eigenvalue weighted by atomic mass is 32.2. The van der Waals surface area contributed by atoms with Crippen LogP contribution >= 0.6 is 0 Å². The highest BCUT2D eigenvalue weighted by Crippen LogP contribution is 2.22. The number of hydrogen-bond acceptors (Lipinski definition) is 3. The van der Waals surface area contributed by atoms with E-state index >= 15 is 0 Å². The Kier molecular flexibility index (Phi) is 3.09. The maximum Gasteiger partial charge on any atom is 0.321 e. The lowest BCUT2D eigenvalue weighted by Crippen LogP contribution is -2.26. The molecular formula is C13H12O4S. The molecule has 1 atom stereocenters. The first-order valence-electron chi connectivity index (χ1n) is 5.38. The van der Waals surface area contributed by atoms with Gasteiger partial charge in [-0.05, 0) is 29.8 Å². The molecule has 1 N–H and O–H groups in total. The molecule has 0 aliphatic rings. The normalized spacial score (nSPS) is 13.4. The molecule has 0 saturated heterocycles. The Morgan fingerprint density at radius 1 is 1.11 bits per heavy atom. The number of rotatable bonds is 3. The quantitative estimate of drug-likeness (QED) is 0.921. The molecular weight excluding hydrogens is 252 g/mol. The average molecular weight is 264 g/mol. The van der Waals surface area contributed by atoms with Gasteiger partial charge in [-0.3, -0.25) is 4.79 Å². The fraction of sp³-hybridized carbons (Fsp3) is 0.154. The van der Waals surface area contributed by atoms with Gasteiger partial charge in [0.1, 0.15) is 0 Å². The van der Waals surface area contributed by atoms with Gasteiger partial charge in [0, 0.05) is 0 Å². The second-order valence-corrected chi connectivity index (χ2v) is 6.30. The molecule has 2 aromatic rings. The number of fused-ring (bicyclic) bond motifs is 1. The van der Waals surface area contributed by atoms with Gasteiger partial charge in [-0.1, -0.05) is 30.3 Å². The molecule has 0 amide bonds. The molecule has 0 saturated carbocycles. The number of hydrogen-bond donors (Lipinski definition) is 1. The monoisotopic (exact) mass is 264 g/mol. The third-order valence-corrected chi connectivity index (χ3v) is 4.91. The minimum absolute atomic E-state index is 0.0381. The number of carboxylic acid groups (broad SMARTS) is 1. The summed E-state index contributed by atoms with van der Waals surface area (Å²) in [6.07, 6.45) is 0. The molecule has 18 heavy (non-hydrogen) atoms. The van der Waals surface area contributed by atoms with Crippen LogP contribution in [0.5, 0.6) is 0 Å². The van der Waals surface area contributed by atoms with E-state index in [-0.39, 0.29) is 4.90 Å². The fourth-order valence-corrected chi connectivity index (χ4v) is 2.90. The molecule has 0 bridgehead atoms. The average Bonchev–Trinajstić information content (AvgIpc) is 2.37. The first kappa shape index (κ1) is 12.6. The minimum Gasteiger partial charge on any atom is -0.480 e. The Bertz CT molecular complexity index is 704. The fourth-order valence-electron chi connectivity index (χ4n) is 1.68. The van der Waals surface area contributed by atoms with Gasteiger partial charge in [-0.2, -0.15) is 0 Å². The van der Waals surface area contributed by atoms with Crippen LogP contribution in [0.4, 0.5) is 0 Å². The van der Waals surface area contributed by atoms with Gasteiger partial charge in [-0.15, -0.1) is 0 Å². The molecule has 2 rings (SSSR count). The molecule has 0 fully saturated rings. The summed E-state index contributed by atoms with van der Waals surface area (Å²) in [6.45, 7) is 1.17. The molecule has 0 spiro atoms. The Labute approximate surface area is 105 Å². The van der Waals surface area contributed by atoms with Crippen LogP contribution in [0, 0.1) is 0 Å². The maximum absolute atomic E-state index is 12.0. The highest BCUT2D eigenvalue weighted by Gasteiger charge is 2.29. The molecule has 1 unspecified atom stereocenters. The summed E-state index contributed by atoms with van der Waals surface area (Å²) >= 11 is 0. The van der Waals surface area contributed by atoms with Gasteiger partial charge in [0.2, 0.25) is 0 Å². The minimum atomic E-state index is -3.83. The molecule has 4 nitrogen and oxygen atoms in total. The van der Waals surface area contributed by atoms with Crippen molar-refractivity contribution in [2.24, 2.45) is 0 Å². The van der Waals surface area contributed by atoms with Gasteiger partial charge in [0.25, 0.3) is 0 Å². The van der Waals surface area contributed by atoms with Crippen LogP contribution in [0.25, 0.3) is 10.8 Å². The first-order chi connectivity index (χ1) is 8.43. The van der Waals surface area contributed by atoms with Crippen molar-refractivity contribution >= 4 is 26.6 Å². The summed E-state index contributed by atoms with van der Waals surface area (Å²) in [5.74, 6) is -1.34. The van der Waals surface area contributed by atoms with Crippen molar-refractivity contribution in [3.8, 4) is 0 Å². The summed E-state index contributed by atoms with van der Waals surface area (Å²) in [5, 5.41) is 9.06. The first-order valence-corrected chi connectivity index (χ1v) is 6.93. The predicted molar refractivity (Wildman–Crippen MR) is 68.2 cm³/mol. The predicted octanol–water partition coefficient (Wildman–Crippen LogP) is 2.09. The Morgan fingerprint density at radius 2 is 1.72 bits per heavy atom. The SMILES string of the molecule is CC(C(=O)O)S(=O)(=O)c1ccc2ccccc2c1. The zero-order chi connectivity index (χ0) is 13.3. The number of sulfone groups is 1. The molecule has 5 heteroatoms. The molecule has 0 radical (unpaired) electrons. The number of benzene rings is 2. The Hall–Kier alpha value is -1.88. The summed E-state index contributed by atoms with van der Waals surface area (Å²) < 4.78 is 24.1. The molecule has 2 aromatic carbocycles. The van der Waals surface area contributed by atoms with Crippen molar-refractivity contribution in [1.82, 2.24) is 0 Å². The lowest BCUT2D eigenvalue weighted by molar-refractivity contribution is -0.136. The van der Waals surface area contributed by atoms with Gasteiger partial charge in [-0.25, -0.2) is 8.42 Å². The van der Waals surface area contributed by atoms with E-state index in [4.69, 9.17) is 5.11 Å². The lowest BCUT2D eigenvalue weighted by atomic mass is 10.1. The van der Waals surface area contributed by atoms with Crippen LogP contribution in [0.1, 0.15) is 6.92 Å². The van der Waals surface area contributed by atoms with E-state index in [1.807, 2.05) is 12.1 Å². The van der Waals surface area contributed by atoms with Crippen LogP contribution in [0.3, 0.4) is 0 Å². The summed E-state index contributed by atoms with van der Waals surface area (Å²) in [5.41, 5.74) is 0. The van der Waals surface area contributed by atoms with Crippen molar-refractivity contribution in [2.45, 2.75) is 17.1 Å². The molecule has 0 aromatic heterocycles. The van der Waals surface area contributed by atoms with Gasteiger partial charge >= 0.3 is 5.97 Å². The van der Waals surface area contributed by atoms with Crippen molar-refractivity contribution < 1.29 is 18.3 Å². The standard InChI is InChI=1S/C13H12O4S/c1-9(13(14)15)18(16,17)12-7-6-10-4-2-3-5-11(10)8-12/h2-9H,1H3,(H,14,15). The summed E-state index contributed by atoms with van der Waals surface area (Å²) in [6, 6.07) is 11.9. The van der Waals surface area contributed by atoms with Gasteiger partial charge in [0.05, 0.1) is 4.90 Å². The maximum atomic E-state index is 12.0. The molecule has 94 valence electrons. The van der Waals surface area contributed by atoms with E-state index < -0.39 is 21.1 Å². The van der Waals surface area contributed by atoms with Gasteiger partial charge in [0.15, 0.2) is 15.1 Å². The van der Waals surface area contributed by atoms with Crippen molar-refractivity contribution in [3.05, 3.63) is 42.5 Å². The van der Waals surface area contributed by atoms with Crippen molar-refractivity contribution in [3.63, 3.8) is 0 Å². The van der Waals surface area contributed by atoms with Crippen LogP contribution < -0.4 is 0 Å². The largest absolute Gasteiger partial charge is 0.480 e. The van der Waals surface area contributed by atoms with Crippen molar-refractivity contribution in [2.75, 3.05) is 0 Å². The number of carbonyl (C=O) groups is 1. The van der Waals surface area contributed by atoms with E-state index in [1.165, 1.54) is 19.1 Å². The Balaban J connectivity index is 2.58. The van der Waals surface area contributed by atoms with E-state index in [9.17, 15) is 13.2 Å². The highest BCUT2D eigenvalue weighted by molar-refractivity contribution is 7.92. The smallest absolute Gasteiger partial charge is 0.321 e. The molecule has 0 heterocycles. The molecule has 0 aliphatic heterocycles. The van der Waals surface area contributed by atoms with E-state index in [2.05, 4.69) is 0 Å². The zero-order valence-corrected chi connectivity index (χ0v) is 10.5. The van der Waals surface area contributed by atoms with Crippen LogP contribution in [-0.2, 0) is 14.6 Å². The zero-order valence-electron chi connectivity index (χ0n) is 9.70. The topological polar surface area (TPSA) is 71.4 Å². The van der Waals surface area contributed by atoms with E-state index in [0.29, 0.717) is 0 Å². The third-order valence-electron chi connectivity index (χ3n) is 2.86. The second kappa shape index (κ2) is 4.42. The number of carboxylic acids is 1. The third kappa shape index (κ3) is 2.09. The van der Waals surface area contributed by atoms with E-state index in [0.717, 1.165) is 10.8 Å². The van der Waals surface area contributed by atoms with Gasteiger partial charge < -0.3 is 5.11 Å². The van der Waals surface area contributed by atoms with Crippen LogP contribution in [0.2, 0.25) is 0 Å². The number of aliphatic carboxylic acids is 1.